The summed E-state index contributed by atoms with van der Waals surface area (Å²) >= 11 is 11.7. The van der Waals surface area contributed by atoms with Crippen LogP contribution in [0.1, 0.15) is 5.69 Å². The minimum Gasteiger partial charge on any atom is -0.482 e. The predicted molar refractivity (Wildman–Crippen MR) is 76.3 cm³/mol. The highest BCUT2D eigenvalue weighted by Gasteiger charge is 2.05. The predicted octanol–water partition coefficient (Wildman–Crippen LogP) is 2.25. The molecule has 0 unspecified atom stereocenters. The largest absolute Gasteiger partial charge is 0.482 e. The Kier molecular flexibility index (Phi) is 4.97. The Hall–Kier alpha value is -2.05. The topological polar surface area (TPSA) is 79.4 Å². The van der Waals surface area contributed by atoms with Crippen molar-refractivity contribution in [3.8, 4) is 5.75 Å². The van der Waals surface area contributed by atoms with Crippen molar-refractivity contribution in [2.45, 2.75) is 0 Å². The molecule has 0 fully saturated rings. The zero-order chi connectivity index (χ0) is 14.4. The Balaban J connectivity index is 1.80. The molecule has 0 aliphatic heterocycles. The van der Waals surface area contributed by atoms with Crippen molar-refractivity contribution < 1.29 is 9.53 Å². The Morgan fingerprint density at radius 2 is 2.35 bits per heavy atom. The van der Waals surface area contributed by atoms with Gasteiger partial charge in [0.15, 0.2) is 6.61 Å². The van der Waals surface area contributed by atoms with E-state index in [9.17, 15) is 4.79 Å². The number of imidazole rings is 1. The van der Waals surface area contributed by atoms with Gasteiger partial charge in [0.25, 0.3) is 5.91 Å². The molecule has 0 radical (unpaired) electrons. The lowest BCUT2D eigenvalue weighted by molar-refractivity contribution is -0.123. The number of rotatable bonds is 5. The van der Waals surface area contributed by atoms with Gasteiger partial charge in [-0.15, -0.1) is 0 Å². The molecule has 6 nitrogen and oxygen atoms in total. The van der Waals surface area contributed by atoms with Gasteiger partial charge < -0.3 is 9.72 Å². The van der Waals surface area contributed by atoms with E-state index in [0.717, 1.165) is 0 Å². The molecule has 2 N–H and O–H groups in total. The number of halogens is 2. The molecule has 1 heterocycles. The van der Waals surface area contributed by atoms with Crippen molar-refractivity contribution >= 4 is 35.3 Å². The number of hydrogen-bond donors (Lipinski definition) is 2. The fraction of sp³-hybridized carbons (Fsp3) is 0.0833. The van der Waals surface area contributed by atoms with Gasteiger partial charge in [0.2, 0.25) is 0 Å². The number of carbonyl (C=O) groups is 1. The van der Waals surface area contributed by atoms with Gasteiger partial charge in [-0.25, -0.2) is 10.4 Å². The van der Waals surface area contributed by atoms with Crippen molar-refractivity contribution in [3.05, 3.63) is 46.5 Å². The van der Waals surface area contributed by atoms with E-state index in [1.165, 1.54) is 18.6 Å². The van der Waals surface area contributed by atoms with Crippen LogP contribution >= 0.6 is 23.2 Å². The van der Waals surface area contributed by atoms with Crippen LogP contribution in [0.2, 0.25) is 10.0 Å². The van der Waals surface area contributed by atoms with Crippen LogP contribution in [-0.4, -0.2) is 28.7 Å². The van der Waals surface area contributed by atoms with E-state index in [4.69, 9.17) is 27.9 Å². The van der Waals surface area contributed by atoms with Crippen LogP contribution < -0.4 is 10.2 Å². The lowest BCUT2D eigenvalue weighted by atomic mass is 10.3. The van der Waals surface area contributed by atoms with Crippen LogP contribution in [0.25, 0.3) is 0 Å². The van der Waals surface area contributed by atoms with Gasteiger partial charge in [-0.2, -0.15) is 5.10 Å². The third-order valence-electron chi connectivity index (χ3n) is 2.16. The third-order valence-corrected chi connectivity index (χ3v) is 2.70. The van der Waals surface area contributed by atoms with E-state index < -0.39 is 5.91 Å². The lowest BCUT2D eigenvalue weighted by Crippen LogP contribution is -2.24. The molecular formula is C12H10Cl2N4O2. The molecule has 0 bridgehead atoms. The SMILES string of the molecule is O=C(COc1ccc(Cl)cc1Cl)N/N=C/c1cnc[nH]1. The molecule has 104 valence electrons. The third kappa shape index (κ3) is 4.25. The zero-order valence-corrected chi connectivity index (χ0v) is 11.6. The summed E-state index contributed by atoms with van der Waals surface area (Å²) in [5, 5.41) is 4.57. The average molecular weight is 313 g/mol. The van der Waals surface area contributed by atoms with E-state index in [1.807, 2.05) is 0 Å². The summed E-state index contributed by atoms with van der Waals surface area (Å²) in [5.41, 5.74) is 2.98. The zero-order valence-electron chi connectivity index (χ0n) is 10.1. The molecule has 1 amide bonds. The molecular weight excluding hydrogens is 303 g/mol. The molecule has 0 atom stereocenters. The van der Waals surface area contributed by atoms with Gasteiger partial charge in [-0.3, -0.25) is 4.79 Å². The fourth-order valence-corrected chi connectivity index (χ4v) is 1.74. The number of nitrogens with one attached hydrogen (secondary N) is 2. The average Bonchev–Trinajstić information content (AvgIpc) is 2.91. The maximum atomic E-state index is 11.5. The van der Waals surface area contributed by atoms with Crippen LogP contribution in [0.3, 0.4) is 0 Å². The van der Waals surface area contributed by atoms with Crippen LogP contribution in [0.15, 0.2) is 35.8 Å². The number of hydrazone groups is 1. The summed E-state index contributed by atoms with van der Waals surface area (Å²) in [5.74, 6) is -0.0319. The molecule has 2 aromatic rings. The monoisotopic (exact) mass is 312 g/mol. The van der Waals surface area contributed by atoms with Gasteiger partial charge in [-0.1, -0.05) is 23.2 Å². The van der Waals surface area contributed by atoms with Crippen molar-refractivity contribution in [1.82, 2.24) is 15.4 Å². The highest BCUT2D eigenvalue weighted by atomic mass is 35.5. The van der Waals surface area contributed by atoms with E-state index in [1.54, 1.807) is 18.3 Å². The number of hydrogen-bond acceptors (Lipinski definition) is 4. The molecule has 0 saturated carbocycles. The van der Waals surface area contributed by atoms with E-state index in [0.29, 0.717) is 21.5 Å². The fourth-order valence-electron chi connectivity index (χ4n) is 1.28. The molecule has 0 aliphatic rings. The van der Waals surface area contributed by atoms with Crippen molar-refractivity contribution in [2.24, 2.45) is 5.10 Å². The van der Waals surface area contributed by atoms with E-state index in [-0.39, 0.29) is 6.61 Å². The number of H-pyrrole nitrogens is 1. The second-order valence-electron chi connectivity index (χ2n) is 3.66. The Morgan fingerprint density at radius 1 is 1.50 bits per heavy atom. The molecule has 1 aromatic carbocycles. The van der Waals surface area contributed by atoms with Gasteiger partial charge in [0, 0.05) is 5.02 Å². The highest BCUT2D eigenvalue weighted by molar-refractivity contribution is 6.35. The number of aromatic nitrogens is 2. The number of carbonyl (C=O) groups excluding carboxylic acids is 1. The molecule has 1 aromatic heterocycles. The van der Waals surface area contributed by atoms with Crippen LogP contribution in [0.5, 0.6) is 5.75 Å². The van der Waals surface area contributed by atoms with Gasteiger partial charge >= 0.3 is 0 Å². The maximum Gasteiger partial charge on any atom is 0.277 e. The van der Waals surface area contributed by atoms with Crippen LogP contribution in [0, 0.1) is 0 Å². The molecule has 0 aliphatic carbocycles. The Labute approximate surface area is 124 Å². The number of aromatic amines is 1. The number of benzene rings is 1. The first-order valence-electron chi connectivity index (χ1n) is 5.53. The summed E-state index contributed by atoms with van der Waals surface area (Å²) in [4.78, 5) is 18.1. The van der Waals surface area contributed by atoms with Crippen molar-refractivity contribution in [1.29, 1.82) is 0 Å². The van der Waals surface area contributed by atoms with Crippen molar-refractivity contribution in [2.75, 3.05) is 6.61 Å². The first-order chi connectivity index (χ1) is 9.65. The first-order valence-corrected chi connectivity index (χ1v) is 6.29. The van der Waals surface area contributed by atoms with Crippen LogP contribution in [-0.2, 0) is 4.79 Å². The summed E-state index contributed by atoms with van der Waals surface area (Å²) < 4.78 is 5.24. The first kappa shape index (κ1) is 14.4. The standard InChI is InChI=1S/C12H10Cl2N4O2/c13-8-1-2-11(10(14)3-8)20-6-12(19)18-17-5-9-4-15-7-16-9/h1-5,7H,6H2,(H,15,16)(H,18,19)/b17-5+. The smallest absolute Gasteiger partial charge is 0.277 e. The lowest BCUT2D eigenvalue weighted by Gasteiger charge is -2.06. The molecule has 2 rings (SSSR count). The van der Waals surface area contributed by atoms with Crippen molar-refractivity contribution in [3.63, 3.8) is 0 Å². The summed E-state index contributed by atoms with van der Waals surface area (Å²) in [6, 6.07) is 4.75. The van der Waals surface area contributed by atoms with Gasteiger partial charge in [0.1, 0.15) is 5.75 Å². The van der Waals surface area contributed by atoms with Gasteiger partial charge in [-0.05, 0) is 18.2 Å². The van der Waals surface area contributed by atoms with E-state index >= 15 is 0 Å². The highest BCUT2D eigenvalue weighted by Crippen LogP contribution is 2.27. The molecule has 20 heavy (non-hydrogen) atoms. The second-order valence-corrected chi connectivity index (χ2v) is 4.51. The van der Waals surface area contributed by atoms with Crippen LogP contribution in [0.4, 0.5) is 0 Å². The van der Waals surface area contributed by atoms with Gasteiger partial charge in [0.05, 0.1) is 29.5 Å². The molecule has 0 spiro atoms. The minimum absolute atomic E-state index is 0.207. The number of amides is 1. The number of nitrogens with zero attached hydrogens (tertiary/aromatic N) is 2. The summed E-state index contributed by atoms with van der Waals surface area (Å²) in [6.45, 7) is -0.207. The summed E-state index contributed by atoms with van der Waals surface area (Å²) in [6.07, 6.45) is 4.51. The second kappa shape index (κ2) is 6.93. The Morgan fingerprint density at radius 3 is 3.05 bits per heavy atom. The molecule has 8 heteroatoms. The quantitative estimate of drug-likeness (QED) is 0.656. The maximum absolute atomic E-state index is 11.5. The summed E-state index contributed by atoms with van der Waals surface area (Å²) in [7, 11) is 0. The normalized spacial score (nSPS) is 10.7. The minimum atomic E-state index is -0.410. The Bertz CT molecular complexity index is 614. The molecule has 0 saturated heterocycles. The van der Waals surface area contributed by atoms with E-state index in [2.05, 4.69) is 20.5 Å². The number of ether oxygens (including phenoxy) is 1.